The zero-order valence-corrected chi connectivity index (χ0v) is 9.24. The zero-order valence-electron chi connectivity index (χ0n) is 9.24. The van der Waals surface area contributed by atoms with Crippen molar-refractivity contribution >= 4 is 0 Å². The summed E-state index contributed by atoms with van der Waals surface area (Å²) in [7, 11) is 0. The van der Waals surface area contributed by atoms with Crippen molar-refractivity contribution in [3.8, 4) is 0 Å². The van der Waals surface area contributed by atoms with Crippen molar-refractivity contribution < 1.29 is 13.2 Å². The van der Waals surface area contributed by atoms with Crippen molar-refractivity contribution in [2.45, 2.75) is 64.1 Å². The molecule has 0 aliphatic heterocycles. The normalized spacial score (nSPS) is 23.0. The molecule has 2 N–H and O–H groups in total. The van der Waals surface area contributed by atoms with Crippen LogP contribution in [0.15, 0.2) is 0 Å². The maximum Gasteiger partial charge on any atom is 0.389 e. The summed E-state index contributed by atoms with van der Waals surface area (Å²) in [6, 6.07) is -0.0673. The fourth-order valence-electron chi connectivity index (χ4n) is 2.42. The largest absolute Gasteiger partial charge is 0.389 e. The van der Waals surface area contributed by atoms with Crippen molar-refractivity contribution in [1.82, 2.24) is 0 Å². The Labute approximate surface area is 89.2 Å². The van der Waals surface area contributed by atoms with Gasteiger partial charge < -0.3 is 5.73 Å². The number of alkyl halides is 3. The van der Waals surface area contributed by atoms with Gasteiger partial charge in [0.1, 0.15) is 0 Å². The van der Waals surface area contributed by atoms with Crippen LogP contribution in [0.5, 0.6) is 0 Å². The molecule has 1 rings (SSSR count). The second kappa shape index (κ2) is 4.73. The first kappa shape index (κ1) is 12.8. The molecule has 0 amide bonds. The lowest BCUT2D eigenvalue weighted by Crippen LogP contribution is -2.37. The van der Waals surface area contributed by atoms with Gasteiger partial charge in [-0.3, -0.25) is 0 Å². The predicted molar refractivity (Wildman–Crippen MR) is 54.5 cm³/mol. The molecule has 0 aromatic carbocycles. The van der Waals surface area contributed by atoms with E-state index in [0.717, 1.165) is 12.8 Å². The third kappa shape index (κ3) is 4.01. The minimum absolute atomic E-state index is 0.0673. The fraction of sp³-hybridized carbons (Fsp3) is 1.00. The summed E-state index contributed by atoms with van der Waals surface area (Å²) in [6.07, 6.45) is 0.413. The number of rotatable bonds is 4. The molecule has 0 aromatic rings. The zero-order chi connectivity index (χ0) is 11.5. The van der Waals surface area contributed by atoms with E-state index in [1.807, 2.05) is 0 Å². The molecular weight excluding hydrogens is 203 g/mol. The minimum atomic E-state index is -4.03. The molecule has 1 nitrogen and oxygen atoms in total. The fourth-order valence-corrected chi connectivity index (χ4v) is 2.42. The monoisotopic (exact) mass is 223 g/mol. The van der Waals surface area contributed by atoms with E-state index in [0.29, 0.717) is 6.42 Å². The molecule has 0 aromatic heterocycles. The third-order valence-corrected chi connectivity index (χ3v) is 3.62. The van der Waals surface area contributed by atoms with Gasteiger partial charge >= 0.3 is 6.18 Å². The van der Waals surface area contributed by atoms with Crippen LogP contribution in [0.4, 0.5) is 13.2 Å². The number of nitrogens with two attached hydrogens (primary N) is 1. The summed E-state index contributed by atoms with van der Waals surface area (Å²) < 4.78 is 35.8. The van der Waals surface area contributed by atoms with E-state index in [1.54, 1.807) is 0 Å². The van der Waals surface area contributed by atoms with Gasteiger partial charge in [-0.1, -0.05) is 19.8 Å². The molecule has 1 fully saturated rings. The predicted octanol–water partition coefficient (Wildman–Crippen LogP) is 3.63. The molecule has 0 saturated heterocycles. The molecule has 90 valence electrons. The van der Waals surface area contributed by atoms with Gasteiger partial charge in [-0.25, -0.2) is 0 Å². The lowest BCUT2D eigenvalue weighted by molar-refractivity contribution is -0.136. The van der Waals surface area contributed by atoms with Crippen molar-refractivity contribution in [1.29, 1.82) is 0 Å². The molecule has 1 saturated carbocycles. The van der Waals surface area contributed by atoms with Crippen molar-refractivity contribution in [3.63, 3.8) is 0 Å². The topological polar surface area (TPSA) is 26.0 Å². The summed E-state index contributed by atoms with van der Waals surface area (Å²) in [4.78, 5) is 0. The van der Waals surface area contributed by atoms with E-state index >= 15 is 0 Å². The highest BCUT2D eigenvalue weighted by atomic mass is 19.4. The van der Waals surface area contributed by atoms with Crippen LogP contribution in [0.25, 0.3) is 0 Å². The lowest BCUT2D eigenvalue weighted by atomic mass is 9.79. The van der Waals surface area contributed by atoms with Crippen LogP contribution < -0.4 is 5.73 Å². The molecule has 1 aliphatic rings. The van der Waals surface area contributed by atoms with Gasteiger partial charge in [-0.05, 0) is 31.1 Å². The van der Waals surface area contributed by atoms with Gasteiger partial charge in [-0.15, -0.1) is 0 Å². The molecule has 1 atom stereocenters. The highest BCUT2D eigenvalue weighted by Crippen LogP contribution is 2.41. The third-order valence-electron chi connectivity index (χ3n) is 3.62. The van der Waals surface area contributed by atoms with Crippen LogP contribution >= 0.6 is 0 Å². The van der Waals surface area contributed by atoms with Gasteiger partial charge in [0.25, 0.3) is 0 Å². The highest BCUT2D eigenvalue weighted by Gasteiger charge is 2.35. The van der Waals surface area contributed by atoms with Crippen LogP contribution in [0.1, 0.15) is 51.9 Å². The Morgan fingerprint density at radius 1 is 1.27 bits per heavy atom. The van der Waals surface area contributed by atoms with Gasteiger partial charge in [0.2, 0.25) is 0 Å². The van der Waals surface area contributed by atoms with E-state index in [4.69, 9.17) is 5.73 Å². The molecule has 0 radical (unpaired) electrons. The smallest absolute Gasteiger partial charge is 0.327 e. The first-order chi connectivity index (χ1) is 6.83. The van der Waals surface area contributed by atoms with Crippen molar-refractivity contribution in [2.24, 2.45) is 11.1 Å². The van der Waals surface area contributed by atoms with Crippen molar-refractivity contribution in [2.75, 3.05) is 0 Å². The number of halogens is 3. The average Bonchev–Trinajstić information content (AvgIpc) is 2.51. The van der Waals surface area contributed by atoms with Crippen LogP contribution in [0.2, 0.25) is 0 Å². The van der Waals surface area contributed by atoms with Gasteiger partial charge in [-0.2, -0.15) is 13.2 Å². The van der Waals surface area contributed by atoms with Gasteiger partial charge in [0.05, 0.1) is 0 Å². The van der Waals surface area contributed by atoms with E-state index in [2.05, 4.69) is 6.92 Å². The van der Waals surface area contributed by atoms with Crippen LogP contribution in [-0.2, 0) is 0 Å². The van der Waals surface area contributed by atoms with E-state index < -0.39 is 12.6 Å². The number of hydrogen-bond acceptors (Lipinski definition) is 1. The minimum Gasteiger partial charge on any atom is -0.327 e. The molecule has 1 aliphatic carbocycles. The Hall–Kier alpha value is -0.250. The highest BCUT2D eigenvalue weighted by molar-refractivity contribution is 4.89. The van der Waals surface area contributed by atoms with E-state index in [1.165, 1.54) is 12.8 Å². The van der Waals surface area contributed by atoms with Crippen LogP contribution in [0.3, 0.4) is 0 Å². The number of hydrogen-bond donors (Lipinski definition) is 1. The second-order valence-electron chi connectivity index (χ2n) is 4.98. The quantitative estimate of drug-likeness (QED) is 0.773. The molecular formula is C11H20F3N. The second-order valence-corrected chi connectivity index (χ2v) is 4.98. The standard InChI is InChI=1S/C11H20F3N/c1-10(6-2-3-7-10)9(15)5-4-8-11(12,13)14/h9H,2-8,15H2,1H3. The van der Waals surface area contributed by atoms with Crippen LogP contribution in [0, 0.1) is 5.41 Å². The molecule has 1 unspecified atom stereocenters. The van der Waals surface area contributed by atoms with Crippen LogP contribution in [-0.4, -0.2) is 12.2 Å². The average molecular weight is 223 g/mol. The molecule has 0 bridgehead atoms. The summed E-state index contributed by atoms with van der Waals surface area (Å²) in [5, 5.41) is 0. The SMILES string of the molecule is CC1(C(N)CCCC(F)(F)F)CCCC1. The Morgan fingerprint density at radius 2 is 1.80 bits per heavy atom. The maximum atomic E-state index is 11.9. The maximum absolute atomic E-state index is 11.9. The Morgan fingerprint density at radius 3 is 2.27 bits per heavy atom. The summed E-state index contributed by atoms with van der Waals surface area (Å²) in [6.45, 7) is 2.11. The molecule has 0 heterocycles. The first-order valence-electron chi connectivity index (χ1n) is 5.66. The first-order valence-corrected chi connectivity index (χ1v) is 5.66. The Bertz CT molecular complexity index is 194. The molecule has 0 spiro atoms. The molecule has 15 heavy (non-hydrogen) atoms. The van der Waals surface area contributed by atoms with E-state index in [9.17, 15) is 13.2 Å². The summed E-state index contributed by atoms with van der Waals surface area (Å²) >= 11 is 0. The molecule has 4 heteroatoms. The lowest BCUT2D eigenvalue weighted by Gasteiger charge is -2.31. The summed E-state index contributed by atoms with van der Waals surface area (Å²) in [5.74, 6) is 0. The Balaban J connectivity index is 2.26. The van der Waals surface area contributed by atoms with Gasteiger partial charge in [0, 0.05) is 12.5 Å². The summed E-state index contributed by atoms with van der Waals surface area (Å²) in [5.41, 5.74) is 6.06. The Kier molecular flexibility index (Phi) is 4.04. The van der Waals surface area contributed by atoms with Crippen molar-refractivity contribution in [3.05, 3.63) is 0 Å². The van der Waals surface area contributed by atoms with Gasteiger partial charge in [0.15, 0.2) is 0 Å². The van der Waals surface area contributed by atoms with E-state index in [-0.39, 0.29) is 17.9 Å².